The minimum atomic E-state index is -3.11. The van der Waals surface area contributed by atoms with Crippen molar-refractivity contribution in [1.29, 1.82) is 0 Å². The van der Waals surface area contributed by atoms with Gasteiger partial charge in [-0.2, -0.15) is 0 Å². The average molecular weight is 271 g/mol. The quantitative estimate of drug-likeness (QED) is 0.765. The minimum absolute atomic E-state index is 0.0897. The van der Waals surface area contributed by atoms with E-state index in [0.29, 0.717) is 11.3 Å². The third-order valence-electron chi connectivity index (χ3n) is 2.22. The van der Waals surface area contributed by atoms with Crippen molar-refractivity contribution in [3.8, 4) is 0 Å². The van der Waals surface area contributed by atoms with E-state index in [-0.39, 0.29) is 18.2 Å². The molecule has 0 radical (unpaired) electrons. The highest BCUT2D eigenvalue weighted by atomic mass is 32.2. The Balaban J connectivity index is 2.70. The fourth-order valence-electron chi connectivity index (χ4n) is 1.53. The van der Waals surface area contributed by atoms with Gasteiger partial charge in [-0.05, 0) is 19.1 Å². The lowest BCUT2D eigenvalue weighted by atomic mass is 10.2. The number of nitrogens with one attached hydrogen (secondary N) is 1. The molecule has 0 saturated carbocycles. The topological polar surface area (TPSA) is 102 Å². The highest BCUT2D eigenvalue weighted by Gasteiger charge is 2.14. The molecule has 1 aromatic heterocycles. The van der Waals surface area contributed by atoms with Crippen LogP contribution in [0.15, 0.2) is 18.3 Å². The second-order valence-electron chi connectivity index (χ2n) is 4.21. The van der Waals surface area contributed by atoms with E-state index in [1.54, 1.807) is 19.1 Å². The lowest BCUT2D eigenvalue weighted by Crippen LogP contribution is -2.37. The van der Waals surface area contributed by atoms with Gasteiger partial charge in [0.1, 0.15) is 9.84 Å². The standard InChI is InChI=1S/C11H17N3O3S/c1-8(7-18(2,16)17)14-11(15)9-3-4-13-10(5-9)6-12/h3-5,8H,6-7,12H2,1-2H3,(H,14,15). The van der Waals surface area contributed by atoms with Crippen molar-refractivity contribution >= 4 is 15.7 Å². The summed E-state index contributed by atoms with van der Waals surface area (Å²) in [4.78, 5) is 15.8. The van der Waals surface area contributed by atoms with Crippen molar-refractivity contribution in [3.05, 3.63) is 29.6 Å². The summed E-state index contributed by atoms with van der Waals surface area (Å²) in [6.07, 6.45) is 2.63. The number of nitrogens with two attached hydrogens (primary N) is 1. The van der Waals surface area contributed by atoms with Gasteiger partial charge in [0.25, 0.3) is 5.91 Å². The van der Waals surface area contributed by atoms with Gasteiger partial charge in [0.15, 0.2) is 0 Å². The van der Waals surface area contributed by atoms with Gasteiger partial charge in [-0.15, -0.1) is 0 Å². The predicted molar refractivity (Wildman–Crippen MR) is 68.8 cm³/mol. The molecule has 0 bridgehead atoms. The molecule has 1 aromatic rings. The Bertz CT molecular complexity index is 528. The molecule has 0 aliphatic heterocycles. The molecule has 6 nitrogen and oxygen atoms in total. The molecule has 3 N–H and O–H groups in total. The number of carbonyl (C=O) groups excluding carboxylic acids is 1. The molecule has 0 aliphatic carbocycles. The first-order valence-electron chi connectivity index (χ1n) is 5.45. The zero-order valence-corrected chi connectivity index (χ0v) is 11.2. The van der Waals surface area contributed by atoms with Crippen LogP contribution < -0.4 is 11.1 Å². The van der Waals surface area contributed by atoms with Crippen LogP contribution in [0.4, 0.5) is 0 Å². The van der Waals surface area contributed by atoms with E-state index in [4.69, 9.17) is 5.73 Å². The third-order valence-corrected chi connectivity index (χ3v) is 3.32. The summed E-state index contributed by atoms with van der Waals surface area (Å²) >= 11 is 0. The van der Waals surface area contributed by atoms with Crippen LogP contribution in [-0.4, -0.2) is 37.4 Å². The molecule has 0 fully saturated rings. The van der Waals surface area contributed by atoms with Crippen LogP contribution in [0.5, 0.6) is 0 Å². The number of amides is 1. The summed E-state index contributed by atoms with van der Waals surface area (Å²) in [5.74, 6) is -0.420. The summed E-state index contributed by atoms with van der Waals surface area (Å²) in [5.41, 5.74) is 6.46. The maximum Gasteiger partial charge on any atom is 0.251 e. The number of aromatic nitrogens is 1. The first-order valence-corrected chi connectivity index (χ1v) is 7.51. The van der Waals surface area contributed by atoms with Crippen molar-refractivity contribution in [1.82, 2.24) is 10.3 Å². The van der Waals surface area contributed by atoms with Crippen molar-refractivity contribution < 1.29 is 13.2 Å². The third kappa shape index (κ3) is 4.80. The van der Waals surface area contributed by atoms with E-state index >= 15 is 0 Å². The monoisotopic (exact) mass is 271 g/mol. The number of sulfone groups is 1. The molecular weight excluding hydrogens is 254 g/mol. The number of pyridine rings is 1. The van der Waals surface area contributed by atoms with Crippen LogP contribution in [0.1, 0.15) is 23.0 Å². The van der Waals surface area contributed by atoms with Gasteiger partial charge >= 0.3 is 0 Å². The molecule has 1 amide bonds. The summed E-state index contributed by atoms with van der Waals surface area (Å²) in [7, 11) is -3.11. The highest BCUT2D eigenvalue weighted by molar-refractivity contribution is 7.90. The van der Waals surface area contributed by atoms with Crippen LogP contribution in [-0.2, 0) is 16.4 Å². The lowest BCUT2D eigenvalue weighted by Gasteiger charge is -2.12. The summed E-state index contributed by atoms with van der Waals surface area (Å²) in [6, 6.07) is 2.70. The van der Waals surface area contributed by atoms with Crippen LogP contribution in [0.25, 0.3) is 0 Å². The first-order chi connectivity index (χ1) is 8.31. The molecule has 0 aliphatic rings. The maximum absolute atomic E-state index is 11.8. The molecule has 100 valence electrons. The summed E-state index contributed by atoms with van der Waals surface area (Å²) < 4.78 is 22.2. The largest absolute Gasteiger partial charge is 0.349 e. The van der Waals surface area contributed by atoms with Gasteiger partial charge in [-0.25, -0.2) is 8.42 Å². The SMILES string of the molecule is CC(CS(C)(=O)=O)NC(=O)c1ccnc(CN)c1. The van der Waals surface area contributed by atoms with Gasteiger partial charge < -0.3 is 11.1 Å². The Morgan fingerprint density at radius 3 is 2.78 bits per heavy atom. The molecule has 0 aromatic carbocycles. The van der Waals surface area contributed by atoms with E-state index in [2.05, 4.69) is 10.3 Å². The van der Waals surface area contributed by atoms with Gasteiger partial charge in [0.2, 0.25) is 0 Å². The zero-order valence-electron chi connectivity index (χ0n) is 10.4. The first kappa shape index (κ1) is 14.6. The van der Waals surface area contributed by atoms with Crippen LogP contribution in [0, 0.1) is 0 Å². The summed E-state index contributed by atoms with van der Waals surface area (Å²) in [6.45, 7) is 1.89. The number of nitrogens with zero attached hydrogens (tertiary/aromatic N) is 1. The Kier molecular flexibility index (Phi) is 4.80. The Morgan fingerprint density at radius 1 is 1.56 bits per heavy atom. The Hall–Kier alpha value is -1.47. The maximum atomic E-state index is 11.8. The van der Waals surface area contributed by atoms with Gasteiger partial charge in [-0.3, -0.25) is 9.78 Å². The van der Waals surface area contributed by atoms with Crippen molar-refractivity contribution in [2.24, 2.45) is 5.73 Å². The van der Waals surface area contributed by atoms with Crippen LogP contribution in [0.2, 0.25) is 0 Å². The van der Waals surface area contributed by atoms with Crippen molar-refractivity contribution in [2.45, 2.75) is 19.5 Å². The van der Waals surface area contributed by atoms with E-state index in [1.807, 2.05) is 0 Å². The predicted octanol–water partition coefficient (Wildman–Crippen LogP) is -0.297. The van der Waals surface area contributed by atoms with E-state index < -0.39 is 15.9 Å². The molecule has 1 unspecified atom stereocenters. The Morgan fingerprint density at radius 2 is 2.22 bits per heavy atom. The molecule has 0 spiro atoms. The normalized spacial score (nSPS) is 13.1. The average Bonchev–Trinajstić information content (AvgIpc) is 2.26. The van der Waals surface area contributed by atoms with Crippen LogP contribution >= 0.6 is 0 Å². The van der Waals surface area contributed by atoms with Gasteiger partial charge in [0, 0.05) is 30.6 Å². The number of carbonyl (C=O) groups is 1. The van der Waals surface area contributed by atoms with Gasteiger partial charge in [0.05, 0.1) is 11.4 Å². The second kappa shape index (κ2) is 5.92. The molecule has 1 atom stereocenters. The highest BCUT2D eigenvalue weighted by Crippen LogP contribution is 2.02. The van der Waals surface area contributed by atoms with E-state index in [0.717, 1.165) is 6.26 Å². The molecule has 7 heteroatoms. The lowest BCUT2D eigenvalue weighted by molar-refractivity contribution is 0.0943. The number of rotatable bonds is 5. The molecular formula is C11H17N3O3S. The second-order valence-corrected chi connectivity index (χ2v) is 6.39. The fourth-order valence-corrected chi connectivity index (χ4v) is 2.53. The molecule has 1 rings (SSSR count). The van der Waals surface area contributed by atoms with Crippen LogP contribution in [0.3, 0.4) is 0 Å². The van der Waals surface area contributed by atoms with E-state index in [9.17, 15) is 13.2 Å². The zero-order chi connectivity index (χ0) is 13.8. The molecule has 0 saturated heterocycles. The molecule has 18 heavy (non-hydrogen) atoms. The minimum Gasteiger partial charge on any atom is -0.349 e. The summed E-state index contributed by atoms with van der Waals surface area (Å²) in [5, 5.41) is 2.62. The van der Waals surface area contributed by atoms with Crippen molar-refractivity contribution in [2.75, 3.05) is 12.0 Å². The van der Waals surface area contributed by atoms with E-state index in [1.165, 1.54) is 6.20 Å². The fraction of sp³-hybridized carbons (Fsp3) is 0.455. The Labute approximate surface area is 107 Å². The smallest absolute Gasteiger partial charge is 0.251 e. The molecule has 1 heterocycles. The number of hydrogen-bond donors (Lipinski definition) is 2. The number of hydrogen-bond acceptors (Lipinski definition) is 5. The van der Waals surface area contributed by atoms with Crippen molar-refractivity contribution in [3.63, 3.8) is 0 Å². The van der Waals surface area contributed by atoms with Gasteiger partial charge in [-0.1, -0.05) is 0 Å².